The van der Waals surface area contributed by atoms with Crippen molar-refractivity contribution in [3.05, 3.63) is 64.8 Å². The second kappa shape index (κ2) is 14.4. The van der Waals surface area contributed by atoms with Gasteiger partial charge in [0.05, 0.1) is 17.0 Å². The van der Waals surface area contributed by atoms with Crippen LogP contribution in [-0.4, -0.2) is 42.3 Å². The number of anilines is 1. The van der Waals surface area contributed by atoms with E-state index < -0.39 is 5.60 Å². The Hall–Kier alpha value is -3.39. The van der Waals surface area contributed by atoms with Gasteiger partial charge in [-0.1, -0.05) is 24.3 Å². The minimum absolute atomic E-state index is 0.0366. The molecule has 2 amide bonds. The van der Waals surface area contributed by atoms with Gasteiger partial charge in [-0.3, -0.25) is 4.79 Å². The third-order valence-corrected chi connectivity index (χ3v) is 11.3. The molecular formula is C39H51N3O4S. The van der Waals surface area contributed by atoms with Crippen LogP contribution in [-0.2, 0) is 9.53 Å². The third-order valence-electron chi connectivity index (χ3n) is 10.1. The minimum atomic E-state index is -0.530. The van der Waals surface area contributed by atoms with Crippen LogP contribution in [0.1, 0.15) is 113 Å². The standard InChI is InChI=1S/C39H51N3O4S/c1-25-21-30(17-20-34(25)45-5)27-11-9-26(10-12-27)24-42(33-8-6-7-31(22-33)35-23-40-36(47-35)28-13-14-28)37(43)29-15-18-32(19-16-29)41-38(44)46-39(2,3)4/h6-8,17,20-23,26-29,32H,9-16,18-19,24H2,1-5H3,(H,41,44)/t26-,27-,29-,32-. The molecule has 3 aliphatic rings. The van der Waals surface area contributed by atoms with Gasteiger partial charge in [0, 0.05) is 36.3 Å². The van der Waals surface area contributed by atoms with Gasteiger partial charge in [-0.2, -0.15) is 0 Å². The monoisotopic (exact) mass is 657 g/mol. The van der Waals surface area contributed by atoms with Crippen molar-refractivity contribution < 1.29 is 19.1 Å². The Morgan fingerprint density at radius 1 is 0.936 bits per heavy atom. The lowest BCUT2D eigenvalue weighted by atomic mass is 9.78. The molecule has 252 valence electrons. The zero-order valence-electron chi connectivity index (χ0n) is 28.7. The predicted molar refractivity (Wildman–Crippen MR) is 189 cm³/mol. The van der Waals surface area contributed by atoms with Gasteiger partial charge < -0.3 is 19.7 Å². The minimum Gasteiger partial charge on any atom is -0.496 e. The highest BCUT2D eigenvalue weighted by Gasteiger charge is 2.34. The fourth-order valence-electron chi connectivity index (χ4n) is 7.36. The smallest absolute Gasteiger partial charge is 0.407 e. The lowest BCUT2D eigenvalue weighted by Crippen LogP contribution is -2.45. The van der Waals surface area contributed by atoms with E-state index in [0.717, 1.165) is 74.9 Å². The summed E-state index contributed by atoms with van der Waals surface area (Å²) in [6.45, 7) is 8.48. The number of amides is 2. The summed E-state index contributed by atoms with van der Waals surface area (Å²) in [6, 6.07) is 15.2. The Morgan fingerprint density at radius 2 is 1.66 bits per heavy atom. The Bertz CT molecular complexity index is 1540. The molecule has 0 bridgehead atoms. The van der Waals surface area contributed by atoms with Crippen LogP contribution in [0.25, 0.3) is 10.4 Å². The van der Waals surface area contributed by atoms with E-state index in [4.69, 9.17) is 14.5 Å². The normalized spacial score (nSPS) is 23.2. The van der Waals surface area contributed by atoms with E-state index in [-0.39, 0.29) is 24.0 Å². The van der Waals surface area contributed by atoms with Crippen LogP contribution in [0.2, 0.25) is 0 Å². The van der Waals surface area contributed by atoms with Crippen molar-refractivity contribution in [3.63, 3.8) is 0 Å². The summed E-state index contributed by atoms with van der Waals surface area (Å²) in [5.41, 5.74) is 4.17. The number of carbonyl (C=O) groups excluding carboxylic acids is 2. The van der Waals surface area contributed by atoms with Crippen molar-refractivity contribution >= 4 is 29.0 Å². The van der Waals surface area contributed by atoms with Crippen molar-refractivity contribution in [1.29, 1.82) is 0 Å². The number of ether oxygens (including phenoxy) is 2. The van der Waals surface area contributed by atoms with Gasteiger partial charge in [0.1, 0.15) is 11.4 Å². The van der Waals surface area contributed by atoms with Crippen LogP contribution in [0.5, 0.6) is 5.75 Å². The summed E-state index contributed by atoms with van der Waals surface area (Å²) in [4.78, 5) is 34.8. The number of hydrogen-bond acceptors (Lipinski definition) is 6. The third kappa shape index (κ3) is 8.56. The number of alkyl carbamates (subject to hydrolysis) is 1. The average Bonchev–Trinajstić information content (AvgIpc) is 3.79. The summed E-state index contributed by atoms with van der Waals surface area (Å²) in [5.74, 6) is 2.73. The van der Waals surface area contributed by atoms with Crippen LogP contribution in [0.4, 0.5) is 10.5 Å². The highest BCUT2D eigenvalue weighted by Crippen LogP contribution is 2.44. The number of thiazole rings is 1. The molecule has 0 radical (unpaired) electrons. The number of benzene rings is 2. The first-order chi connectivity index (χ1) is 22.6. The molecule has 0 spiro atoms. The van der Waals surface area contributed by atoms with Gasteiger partial charge in [0.25, 0.3) is 0 Å². The molecule has 1 aromatic heterocycles. The van der Waals surface area contributed by atoms with E-state index in [1.165, 1.54) is 33.9 Å². The topological polar surface area (TPSA) is 80.8 Å². The van der Waals surface area contributed by atoms with E-state index in [2.05, 4.69) is 59.6 Å². The first kappa shape index (κ1) is 33.5. The van der Waals surface area contributed by atoms with Crippen LogP contribution in [0.3, 0.4) is 0 Å². The van der Waals surface area contributed by atoms with Crippen molar-refractivity contribution in [2.24, 2.45) is 11.8 Å². The highest BCUT2D eigenvalue weighted by atomic mass is 32.1. The first-order valence-electron chi connectivity index (χ1n) is 17.6. The molecule has 1 N–H and O–H groups in total. The number of nitrogens with zero attached hydrogens (tertiary/aromatic N) is 2. The largest absolute Gasteiger partial charge is 0.496 e. The number of aromatic nitrogens is 1. The van der Waals surface area contributed by atoms with Crippen LogP contribution >= 0.6 is 11.3 Å². The van der Waals surface area contributed by atoms with E-state index in [1.54, 1.807) is 18.4 Å². The molecular weight excluding hydrogens is 607 g/mol. The lowest BCUT2D eigenvalue weighted by Gasteiger charge is -2.36. The number of nitrogens with one attached hydrogen (secondary N) is 1. The van der Waals surface area contributed by atoms with Gasteiger partial charge in [-0.05, 0) is 139 Å². The Kier molecular flexibility index (Phi) is 10.3. The number of methoxy groups -OCH3 is 1. The van der Waals surface area contributed by atoms with E-state index in [0.29, 0.717) is 17.8 Å². The molecule has 8 heteroatoms. The quantitative estimate of drug-likeness (QED) is 0.248. The van der Waals surface area contributed by atoms with Crippen molar-refractivity contribution in [3.8, 4) is 16.2 Å². The molecule has 3 aromatic rings. The number of aryl methyl sites for hydroxylation is 1. The molecule has 2 aromatic carbocycles. The molecule has 0 unspecified atom stereocenters. The van der Waals surface area contributed by atoms with Crippen LogP contribution in [0, 0.1) is 18.8 Å². The van der Waals surface area contributed by atoms with Gasteiger partial charge in [-0.25, -0.2) is 9.78 Å². The molecule has 3 saturated carbocycles. The summed E-state index contributed by atoms with van der Waals surface area (Å²) in [5, 5.41) is 4.27. The second-order valence-electron chi connectivity index (χ2n) is 15.0. The fraction of sp³-hybridized carbons (Fsp3) is 0.564. The maximum atomic E-state index is 14.4. The van der Waals surface area contributed by atoms with Gasteiger partial charge in [0.15, 0.2) is 0 Å². The molecule has 7 nitrogen and oxygen atoms in total. The molecule has 47 heavy (non-hydrogen) atoms. The summed E-state index contributed by atoms with van der Waals surface area (Å²) >= 11 is 1.79. The predicted octanol–water partition coefficient (Wildman–Crippen LogP) is 9.40. The lowest BCUT2D eigenvalue weighted by molar-refractivity contribution is -0.123. The zero-order valence-corrected chi connectivity index (χ0v) is 29.5. The molecule has 0 atom stereocenters. The Balaban J connectivity index is 1.15. The van der Waals surface area contributed by atoms with E-state index in [1.807, 2.05) is 27.0 Å². The summed E-state index contributed by atoms with van der Waals surface area (Å²) < 4.78 is 11.0. The maximum Gasteiger partial charge on any atom is 0.407 e. The number of hydrogen-bond donors (Lipinski definition) is 1. The first-order valence-corrected chi connectivity index (χ1v) is 18.4. The van der Waals surface area contributed by atoms with Gasteiger partial charge >= 0.3 is 6.09 Å². The molecule has 3 aliphatic carbocycles. The van der Waals surface area contributed by atoms with Gasteiger partial charge in [0.2, 0.25) is 5.91 Å². The molecule has 3 fully saturated rings. The average molecular weight is 658 g/mol. The van der Waals surface area contributed by atoms with Crippen LogP contribution < -0.4 is 15.0 Å². The Morgan fingerprint density at radius 3 is 2.32 bits per heavy atom. The van der Waals surface area contributed by atoms with Crippen molar-refractivity contribution in [1.82, 2.24) is 10.3 Å². The summed E-state index contributed by atoms with van der Waals surface area (Å²) in [7, 11) is 1.73. The number of carbonyl (C=O) groups is 2. The van der Waals surface area contributed by atoms with E-state index >= 15 is 0 Å². The Labute approximate surface area is 284 Å². The highest BCUT2D eigenvalue weighted by molar-refractivity contribution is 7.15. The second-order valence-corrected chi connectivity index (χ2v) is 16.0. The molecule has 0 aliphatic heterocycles. The fourth-order valence-corrected chi connectivity index (χ4v) is 8.44. The number of rotatable bonds is 9. The SMILES string of the molecule is COc1ccc([C@H]2CC[C@H](CN(c3cccc(-c4cnc(C5CC5)s4)c3)C(=O)[C@H]3CC[C@H](NC(=O)OC(C)(C)C)CC3)CC2)cc1C. The van der Waals surface area contributed by atoms with Crippen LogP contribution in [0.15, 0.2) is 48.7 Å². The molecule has 1 heterocycles. The van der Waals surface area contributed by atoms with Crippen molar-refractivity contribution in [2.45, 2.75) is 115 Å². The zero-order chi connectivity index (χ0) is 33.1. The summed E-state index contributed by atoms with van der Waals surface area (Å²) in [6.07, 6.45) is 11.7. The van der Waals surface area contributed by atoms with Crippen molar-refractivity contribution in [2.75, 3.05) is 18.6 Å². The molecule has 6 rings (SSSR count). The maximum absolute atomic E-state index is 14.4. The van der Waals surface area contributed by atoms with Gasteiger partial charge in [-0.15, -0.1) is 11.3 Å². The molecule has 0 saturated heterocycles. The van der Waals surface area contributed by atoms with E-state index in [9.17, 15) is 9.59 Å².